The second kappa shape index (κ2) is 10.0. The van der Waals surface area contributed by atoms with E-state index in [1.54, 1.807) is 7.11 Å². The Morgan fingerprint density at radius 1 is 1.06 bits per heavy atom. The SMILES string of the molecule is COc1cc(/C=c2/sc3nc(/C=C/c4ccc(C)cc4)nn3c2=O)ccc1OCCC(C)C. The summed E-state index contributed by atoms with van der Waals surface area (Å²) in [5.41, 5.74) is 2.93. The monoisotopic (exact) mass is 461 g/mol. The molecular formula is C26H27N3O3S. The standard InChI is InChI=1S/C26H27N3O3S/c1-17(2)13-14-32-21-11-9-20(15-22(21)31-4)16-23-25(30)29-26(33-23)27-24(28-29)12-10-19-7-5-18(3)6-8-19/h5-12,15-17H,13-14H2,1-4H3/b12-10+,23-16+. The van der Waals surface area contributed by atoms with Crippen LogP contribution in [0.3, 0.4) is 0 Å². The molecule has 0 aliphatic rings. The number of fused-ring (bicyclic) bond motifs is 1. The molecular weight excluding hydrogens is 434 g/mol. The van der Waals surface area contributed by atoms with Crippen LogP contribution in [0.4, 0.5) is 0 Å². The van der Waals surface area contributed by atoms with Crippen molar-refractivity contribution in [2.24, 2.45) is 5.92 Å². The molecule has 6 nitrogen and oxygen atoms in total. The number of aromatic nitrogens is 3. The molecule has 170 valence electrons. The molecule has 2 aromatic carbocycles. The topological polar surface area (TPSA) is 65.7 Å². The fraction of sp³-hybridized carbons (Fsp3) is 0.269. The van der Waals surface area contributed by atoms with Gasteiger partial charge in [0.05, 0.1) is 18.2 Å². The maximum Gasteiger partial charge on any atom is 0.291 e. The highest BCUT2D eigenvalue weighted by atomic mass is 32.1. The van der Waals surface area contributed by atoms with Crippen molar-refractivity contribution in [3.63, 3.8) is 0 Å². The zero-order valence-electron chi connectivity index (χ0n) is 19.2. The molecule has 7 heteroatoms. The minimum absolute atomic E-state index is 0.186. The van der Waals surface area contributed by atoms with E-state index in [1.807, 2.05) is 48.6 Å². The maximum atomic E-state index is 12.8. The Labute approximate surface area is 196 Å². The molecule has 0 atom stereocenters. The van der Waals surface area contributed by atoms with Crippen molar-refractivity contribution in [3.8, 4) is 11.5 Å². The highest BCUT2D eigenvalue weighted by molar-refractivity contribution is 7.15. The van der Waals surface area contributed by atoms with Gasteiger partial charge in [0.25, 0.3) is 5.56 Å². The first kappa shape index (κ1) is 22.7. The summed E-state index contributed by atoms with van der Waals surface area (Å²) < 4.78 is 13.3. The molecule has 0 unspecified atom stereocenters. The minimum Gasteiger partial charge on any atom is -0.493 e. The summed E-state index contributed by atoms with van der Waals surface area (Å²) in [7, 11) is 1.61. The van der Waals surface area contributed by atoms with Gasteiger partial charge in [0.1, 0.15) is 0 Å². The second-order valence-electron chi connectivity index (χ2n) is 8.27. The quantitative estimate of drug-likeness (QED) is 0.383. The zero-order chi connectivity index (χ0) is 23.4. The summed E-state index contributed by atoms with van der Waals surface area (Å²) in [6, 6.07) is 13.8. The van der Waals surface area contributed by atoms with Gasteiger partial charge >= 0.3 is 0 Å². The lowest BCUT2D eigenvalue weighted by atomic mass is 10.1. The van der Waals surface area contributed by atoms with Gasteiger partial charge in [0.15, 0.2) is 17.3 Å². The molecule has 33 heavy (non-hydrogen) atoms. The van der Waals surface area contributed by atoms with Crippen LogP contribution in [-0.2, 0) is 0 Å². The van der Waals surface area contributed by atoms with Gasteiger partial charge < -0.3 is 9.47 Å². The van der Waals surface area contributed by atoms with Crippen molar-refractivity contribution in [2.75, 3.05) is 13.7 Å². The van der Waals surface area contributed by atoms with Crippen molar-refractivity contribution in [1.82, 2.24) is 14.6 Å². The lowest BCUT2D eigenvalue weighted by Crippen LogP contribution is -2.23. The van der Waals surface area contributed by atoms with Gasteiger partial charge in [0.2, 0.25) is 4.96 Å². The van der Waals surface area contributed by atoms with Crippen LogP contribution in [0, 0.1) is 12.8 Å². The van der Waals surface area contributed by atoms with E-state index in [2.05, 4.69) is 43.0 Å². The fourth-order valence-electron chi connectivity index (χ4n) is 3.22. The van der Waals surface area contributed by atoms with Crippen LogP contribution in [0.15, 0.2) is 47.3 Å². The fourth-order valence-corrected chi connectivity index (χ4v) is 4.13. The lowest BCUT2D eigenvalue weighted by molar-refractivity contribution is 0.273. The number of thiazole rings is 1. The molecule has 0 fully saturated rings. The average Bonchev–Trinajstić information content (AvgIpc) is 3.32. The number of aryl methyl sites for hydroxylation is 1. The molecule has 0 spiro atoms. The van der Waals surface area contributed by atoms with Crippen molar-refractivity contribution in [1.29, 1.82) is 0 Å². The number of rotatable bonds is 8. The van der Waals surface area contributed by atoms with Crippen molar-refractivity contribution in [3.05, 3.63) is 79.9 Å². The third-order valence-corrected chi connectivity index (χ3v) is 6.10. The summed E-state index contributed by atoms with van der Waals surface area (Å²) in [6.45, 7) is 7.01. The van der Waals surface area contributed by atoms with E-state index < -0.39 is 0 Å². The van der Waals surface area contributed by atoms with Crippen molar-refractivity contribution >= 4 is 34.5 Å². The summed E-state index contributed by atoms with van der Waals surface area (Å²) in [4.78, 5) is 17.9. The molecule has 0 saturated carbocycles. The Balaban J connectivity index is 1.56. The Morgan fingerprint density at radius 3 is 2.52 bits per heavy atom. The van der Waals surface area contributed by atoms with Crippen LogP contribution in [0.1, 0.15) is 42.8 Å². The molecule has 0 aliphatic heterocycles. The first-order valence-electron chi connectivity index (χ1n) is 10.9. The van der Waals surface area contributed by atoms with Crippen molar-refractivity contribution in [2.45, 2.75) is 27.2 Å². The largest absolute Gasteiger partial charge is 0.493 e. The summed E-state index contributed by atoms with van der Waals surface area (Å²) in [5, 5.41) is 4.35. The van der Waals surface area contributed by atoms with Crippen molar-refractivity contribution < 1.29 is 9.47 Å². The summed E-state index contributed by atoms with van der Waals surface area (Å²) >= 11 is 1.31. The van der Waals surface area contributed by atoms with Gasteiger partial charge in [-0.1, -0.05) is 67.2 Å². The molecule has 0 amide bonds. The van der Waals surface area contributed by atoms with Crippen LogP contribution in [0.25, 0.3) is 23.2 Å². The smallest absolute Gasteiger partial charge is 0.291 e. The van der Waals surface area contributed by atoms with E-state index in [0.717, 1.165) is 17.5 Å². The average molecular weight is 462 g/mol. The maximum absolute atomic E-state index is 12.8. The molecule has 4 aromatic rings. The first-order valence-corrected chi connectivity index (χ1v) is 11.7. The molecule has 0 saturated heterocycles. The van der Waals surface area contributed by atoms with Gasteiger partial charge in [-0.25, -0.2) is 0 Å². The predicted octanol–water partition coefficient (Wildman–Crippen LogP) is 4.61. The van der Waals surface area contributed by atoms with Crippen LogP contribution in [0.2, 0.25) is 0 Å². The Bertz CT molecular complexity index is 1380. The van der Waals surface area contributed by atoms with Crippen LogP contribution < -0.4 is 19.6 Å². The van der Waals surface area contributed by atoms with Gasteiger partial charge in [-0.2, -0.15) is 9.50 Å². The van der Waals surface area contributed by atoms with E-state index in [1.165, 1.54) is 21.4 Å². The van der Waals surface area contributed by atoms with Gasteiger partial charge in [0, 0.05) is 0 Å². The van der Waals surface area contributed by atoms with E-state index in [0.29, 0.717) is 39.3 Å². The Morgan fingerprint density at radius 2 is 1.82 bits per heavy atom. The van der Waals surface area contributed by atoms with Gasteiger partial charge in [-0.05, 0) is 54.7 Å². The normalized spacial score (nSPS) is 12.3. The van der Waals surface area contributed by atoms with Crippen LogP contribution in [-0.4, -0.2) is 28.3 Å². The zero-order valence-corrected chi connectivity index (χ0v) is 20.1. The molecule has 4 rings (SSSR count). The molecule has 0 N–H and O–H groups in total. The highest BCUT2D eigenvalue weighted by Crippen LogP contribution is 2.28. The summed E-state index contributed by atoms with van der Waals surface area (Å²) in [6.07, 6.45) is 6.55. The predicted molar refractivity (Wildman–Crippen MR) is 134 cm³/mol. The number of ether oxygens (including phenoxy) is 2. The second-order valence-corrected chi connectivity index (χ2v) is 9.27. The number of nitrogens with zero attached hydrogens (tertiary/aromatic N) is 3. The first-order chi connectivity index (χ1) is 15.9. The van der Waals surface area contributed by atoms with E-state index in [9.17, 15) is 4.79 Å². The number of hydrogen-bond donors (Lipinski definition) is 0. The van der Waals surface area contributed by atoms with E-state index in [4.69, 9.17) is 9.47 Å². The highest BCUT2D eigenvalue weighted by Gasteiger charge is 2.10. The number of methoxy groups -OCH3 is 1. The Kier molecular flexibility index (Phi) is 6.89. The minimum atomic E-state index is -0.186. The number of hydrogen-bond acceptors (Lipinski definition) is 6. The van der Waals surface area contributed by atoms with Gasteiger partial charge in [-0.3, -0.25) is 4.79 Å². The number of benzene rings is 2. The molecule has 0 radical (unpaired) electrons. The molecule has 0 aliphatic carbocycles. The molecule has 2 heterocycles. The van der Waals surface area contributed by atoms with E-state index >= 15 is 0 Å². The molecule has 0 bridgehead atoms. The van der Waals surface area contributed by atoms with Gasteiger partial charge in [-0.15, -0.1) is 5.10 Å². The third kappa shape index (κ3) is 5.49. The van der Waals surface area contributed by atoms with Crippen LogP contribution >= 0.6 is 11.3 Å². The molecule has 2 aromatic heterocycles. The van der Waals surface area contributed by atoms with E-state index in [-0.39, 0.29) is 5.56 Å². The van der Waals surface area contributed by atoms with Crippen LogP contribution in [0.5, 0.6) is 11.5 Å². The Hall–Kier alpha value is -3.45. The lowest BCUT2D eigenvalue weighted by Gasteiger charge is -2.12. The summed E-state index contributed by atoms with van der Waals surface area (Å²) in [5.74, 6) is 2.42. The third-order valence-electron chi connectivity index (χ3n) is 5.14.